The molecular formula is C13H8ClFINO. The van der Waals surface area contributed by atoms with Crippen molar-refractivity contribution < 1.29 is 9.18 Å². The number of amides is 1. The van der Waals surface area contributed by atoms with Gasteiger partial charge in [-0.05, 0) is 52.9 Å². The van der Waals surface area contributed by atoms with Crippen LogP contribution in [0.3, 0.4) is 0 Å². The summed E-state index contributed by atoms with van der Waals surface area (Å²) < 4.78 is 13.7. The molecule has 2 rings (SSSR count). The summed E-state index contributed by atoms with van der Waals surface area (Å²) in [5.41, 5.74) is 0.878. The molecule has 0 aliphatic rings. The molecule has 2 nitrogen and oxygen atoms in total. The summed E-state index contributed by atoms with van der Waals surface area (Å²) in [6.45, 7) is 0. The van der Waals surface area contributed by atoms with Crippen molar-refractivity contribution in [2.45, 2.75) is 0 Å². The van der Waals surface area contributed by atoms with Crippen LogP contribution in [0.5, 0.6) is 0 Å². The highest BCUT2D eigenvalue weighted by Crippen LogP contribution is 2.22. The third kappa shape index (κ3) is 3.00. The second kappa shape index (κ2) is 5.67. The quantitative estimate of drug-likeness (QED) is 0.778. The number of rotatable bonds is 2. The fourth-order valence-corrected chi connectivity index (χ4v) is 2.11. The van der Waals surface area contributed by atoms with Gasteiger partial charge in [-0.15, -0.1) is 0 Å². The lowest BCUT2D eigenvalue weighted by molar-refractivity contribution is 0.102. The first-order chi connectivity index (χ1) is 8.58. The zero-order chi connectivity index (χ0) is 13.1. The third-order valence-electron chi connectivity index (χ3n) is 2.29. The van der Waals surface area contributed by atoms with Crippen molar-refractivity contribution in [3.05, 3.63) is 62.4 Å². The maximum Gasteiger partial charge on any atom is 0.255 e. The van der Waals surface area contributed by atoms with Crippen molar-refractivity contribution >= 4 is 45.8 Å². The van der Waals surface area contributed by atoms with Crippen molar-refractivity contribution in [2.75, 3.05) is 5.32 Å². The summed E-state index contributed by atoms with van der Waals surface area (Å²) in [4.78, 5) is 11.9. The topological polar surface area (TPSA) is 29.1 Å². The number of carbonyl (C=O) groups excluding carboxylic acids is 1. The minimum absolute atomic E-state index is 0.319. The summed E-state index contributed by atoms with van der Waals surface area (Å²) >= 11 is 7.66. The van der Waals surface area contributed by atoms with Gasteiger partial charge in [-0.25, -0.2) is 4.39 Å². The number of benzene rings is 2. The standard InChI is InChI=1S/C13H8ClFINO/c14-9-4-1-3-8(7-9)13(18)17-11-6-2-5-10(15)12(11)16/h1-7H,(H,17,18). The number of anilines is 1. The van der Waals surface area contributed by atoms with E-state index in [9.17, 15) is 9.18 Å². The fourth-order valence-electron chi connectivity index (χ4n) is 1.42. The molecule has 2 aromatic rings. The molecule has 18 heavy (non-hydrogen) atoms. The molecule has 5 heteroatoms. The third-order valence-corrected chi connectivity index (χ3v) is 3.62. The van der Waals surface area contributed by atoms with Crippen LogP contribution in [0.4, 0.5) is 10.1 Å². The molecule has 2 aromatic carbocycles. The Balaban J connectivity index is 2.24. The zero-order valence-corrected chi connectivity index (χ0v) is 12.0. The number of carbonyl (C=O) groups is 1. The van der Waals surface area contributed by atoms with Gasteiger partial charge in [-0.2, -0.15) is 0 Å². The van der Waals surface area contributed by atoms with Crippen LogP contribution in [-0.4, -0.2) is 5.91 Å². The molecule has 0 atom stereocenters. The van der Waals surface area contributed by atoms with E-state index in [0.29, 0.717) is 19.8 Å². The Hall–Kier alpha value is -1.14. The van der Waals surface area contributed by atoms with Crippen LogP contribution >= 0.6 is 34.2 Å². The van der Waals surface area contributed by atoms with Gasteiger partial charge in [-0.3, -0.25) is 4.79 Å². The van der Waals surface area contributed by atoms with E-state index in [1.165, 1.54) is 6.07 Å². The molecule has 0 heterocycles. The molecule has 1 N–H and O–H groups in total. The second-order valence-electron chi connectivity index (χ2n) is 3.57. The maximum atomic E-state index is 13.3. The molecule has 0 fully saturated rings. The highest BCUT2D eigenvalue weighted by Gasteiger charge is 2.10. The van der Waals surface area contributed by atoms with Gasteiger partial charge in [0.05, 0.1) is 9.26 Å². The minimum Gasteiger partial charge on any atom is -0.321 e. The first-order valence-corrected chi connectivity index (χ1v) is 6.54. The van der Waals surface area contributed by atoms with Crippen molar-refractivity contribution in [3.63, 3.8) is 0 Å². The van der Waals surface area contributed by atoms with Gasteiger partial charge >= 0.3 is 0 Å². The minimum atomic E-state index is -0.362. The van der Waals surface area contributed by atoms with Gasteiger partial charge in [0, 0.05) is 10.6 Å². The molecule has 0 aromatic heterocycles. The van der Waals surface area contributed by atoms with E-state index < -0.39 is 0 Å². The van der Waals surface area contributed by atoms with Gasteiger partial charge in [0.25, 0.3) is 5.91 Å². The lowest BCUT2D eigenvalue weighted by atomic mass is 10.2. The normalized spacial score (nSPS) is 10.2. The predicted molar refractivity (Wildman–Crippen MR) is 78.5 cm³/mol. The van der Waals surface area contributed by atoms with Crippen molar-refractivity contribution in [1.29, 1.82) is 0 Å². The largest absolute Gasteiger partial charge is 0.321 e. The van der Waals surface area contributed by atoms with E-state index in [-0.39, 0.29) is 11.7 Å². The Kier molecular flexibility index (Phi) is 4.19. The van der Waals surface area contributed by atoms with Crippen LogP contribution in [0.15, 0.2) is 42.5 Å². The average molecular weight is 376 g/mol. The van der Waals surface area contributed by atoms with E-state index in [0.717, 1.165) is 0 Å². The summed E-state index contributed by atoms with van der Waals surface area (Å²) in [6.07, 6.45) is 0. The van der Waals surface area contributed by atoms with Crippen LogP contribution < -0.4 is 5.32 Å². The fraction of sp³-hybridized carbons (Fsp3) is 0. The Morgan fingerprint density at radius 1 is 1.22 bits per heavy atom. The smallest absolute Gasteiger partial charge is 0.255 e. The van der Waals surface area contributed by atoms with Crippen LogP contribution in [0.2, 0.25) is 5.02 Å². The molecule has 0 saturated heterocycles. The number of nitrogens with one attached hydrogen (secondary N) is 1. The molecule has 0 aliphatic carbocycles. The van der Waals surface area contributed by atoms with Gasteiger partial charge in [0.2, 0.25) is 0 Å². The maximum absolute atomic E-state index is 13.3. The summed E-state index contributed by atoms with van der Waals surface area (Å²) in [6, 6.07) is 11.1. The van der Waals surface area contributed by atoms with Gasteiger partial charge in [0.15, 0.2) is 0 Å². The Bertz CT molecular complexity index is 603. The Morgan fingerprint density at radius 3 is 2.67 bits per heavy atom. The SMILES string of the molecule is O=C(Nc1cccc(F)c1I)c1cccc(Cl)c1. The van der Waals surface area contributed by atoms with Crippen molar-refractivity contribution in [1.82, 2.24) is 0 Å². The lowest BCUT2D eigenvalue weighted by Gasteiger charge is -2.08. The second-order valence-corrected chi connectivity index (χ2v) is 5.08. The molecule has 92 valence electrons. The van der Waals surface area contributed by atoms with E-state index in [1.807, 2.05) is 22.6 Å². The van der Waals surface area contributed by atoms with E-state index in [1.54, 1.807) is 36.4 Å². The van der Waals surface area contributed by atoms with Crippen molar-refractivity contribution in [2.24, 2.45) is 0 Å². The summed E-state index contributed by atoms with van der Waals surface area (Å²) in [5, 5.41) is 3.13. The number of hydrogen-bond acceptors (Lipinski definition) is 1. The van der Waals surface area contributed by atoms with Crippen LogP contribution in [0.1, 0.15) is 10.4 Å². The molecule has 0 bridgehead atoms. The monoisotopic (exact) mass is 375 g/mol. The molecule has 0 aliphatic heterocycles. The van der Waals surface area contributed by atoms with E-state index in [4.69, 9.17) is 11.6 Å². The van der Waals surface area contributed by atoms with Crippen LogP contribution in [-0.2, 0) is 0 Å². The van der Waals surface area contributed by atoms with Gasteiger partial charge in [-0.1, -0.05) is 23.7 Å². The lowest BCUT2D eigenvalue weighted by Crippen LogP contribution is -2.13. The molecular weight excluding hydrogens is 368 g/mol. The molecule has 0 saturated carbocycles. The number of halogens is 3. The van der Waals surface area contributed by atoms with Gasteiger partial charge in [0.1, 0.15) is 5.82 Å². The number of hydrogen-bond donors (Lipinski definition) is 1. The Morgan fingerprint density at radius 2 is 1.94 bits per heavy atom. The average Bonchev–Trinajstić information content (AvgIpc) is 2.35. The highest BCUT2D eigenvalue weighted by atomic mass is 127. The molecule has 0 unspecified atom stereocenters. The summed E-state index contributed by atoms with van der Waals surface area (Å²) in [7, 11) is 0. The first kappa shape index (κ1) is 13.3. The van der Waals surface area contributed by atoms with Crippen LogP contribution in [0.25, 0.3) is 0 Å². The van der Waals surface area contributed by atoms with Crippen molar-refractivity contribution in [3.8, 4) is 0 Å². The first-order valence-electron chi connectivity index (χ1n) is 5.09. The zero-order valence-electron chi connectivity index (χ0n) is 9.08. The molecule has 0 spiro atoms. The van der Waals surface area contributed by atoms with E-state index in [2.05, 4.69) is 5.32 Å². The van der Waals surface area contributed by atoms with Gasteiger partial charge < -0.3 is 5.32 Å². The van der Waals surface area contributed by atoms with Crippen LogP contribution in [0, 0.1) is 9.39 Å². The van der Waals surface area contributed by atoms with E-state index >= 15 is 0 Å². The predicted octanol–water partition coefficient (Wildman–Crippen LogP) is 4.34. The summed E-state index contributed by atoms with van der Waals surface area (Å²) in [5.74, 6) is -0.680. The Labute approximate surface area is 122 Å². The molecule has 0 radical (unpaired) electrons. The molecule has 1 amide bonds. The highest BCUT2D eigenvalue weighted by molar-refractivity contribution is 14.1.